The molecule has 0 heterocycles. The Kier molecular flexibility index (Phi) is 5.73. The van der Waals surface area contributed by atoms with Gasteiger partial charge in [0, 0.05) is 0 Å². The molecule has 2 rings (SSSR count). The molecule has 0 aliphatic rings. The van der Waals surface area contributed by atoms with Crippen LogP contribution >= 0.6 is 15.9 Å². The molecule has 0 aliphatic heterocycles. The van der Waals surface area contributed by atoms with Crippen molar-refractivity contribution in [2.45, 2.75) is 13.0 Å². The van der Waals surface area contributed by atoms with Crippen molar-refractivity contribution in [1.29, 1.82) is 0 Å². The van der Waals surface area contributed by atoms with E-state index in [1.807, 2.05) is 36.4 Å². The van der Waals surface area contributed by atoms with E-state index in [0.29, 0.717) is 0 Å². The van der Waals surface area contributed by atoms with Crippen LogP contribution in [0.3, 0.4) is 0 Å². The number of phenols is 1. The summed E-state index contributed by atoms with van der Waals surface area (Å²) in [5.74, 6) is 0.285. The molecular weight excluding hydrogens is 280 g/mol. The van der Waals surface area contributed by atoms with Gasteiger partial charge in [-0.3, -0.25) is 0 Å². The van der Waals surface area contributed by atoms with E-state index < -0.39 is 0 Å². The average molecular weight is 295 g/mol. The van der Waals surface area contributed by atoms with E-state index in [2.05, 4.69) is 15.9 Å². The summed E-state index contributed by atoms with van der Waals surface area (Å²) in [6.45, 7) is 1.76. The molecule has 3 heteroatoms. The van der Waals surface area contributed by atoms with Crippen molar-refractivity contribution in [2.24, 2.45) is 0 Å². The van der Waals surface area contributed by atoms with Crippen LogP contribution in [-0.4, -0.2) is 10.2 Å². The molecule has 0 aliphatic carbocycles. The van der Waals surface area contributed by atoms with Crippen molar-refractivity contribution in [3.05, 3.63) is 64.6 Å². The fraction of sp³-hybridized carbons (Fsp3) is 0.143. The molecule has 0 spiro atoms. The Bertz CT molecular complexity index is 420. The number of halogens is 1. The van der Waals surface area contributed by atoms with E-state index in [-0.39, 0.29) is 11.9 Å². The van der Waals surface area contributed by atoms with Crippen molar-refractivity contribution in [1.82, 2.24) is 0 Å². The predicted octanol–water partition coefficient (Wildman–Crippen LogP) is 3.89. The van der Waals surface area contributed by atoms with Gasteiger partial charge in [-0.05, 0) is 40.5 Å². The monoisotopic (exact) mass is 294 g/mol. The fourth-order valence-electron chi connectivity index (χ4n) is 1.18. The number of hydrogen-bond acceptors (Lipinski definition) is 2. The van der Waals surface area contributed by atoms with Gasteiger partial charge in [-0.1, -0.05) is 42.5 Å². The lowest BCUT2D eigenvalue weighted by Crippen LogP contribution is -1.87. The van der Waals surface area contributed by atoms with Gasteiger partial charge in [-0.25, -0.2) is 0 Å². The van der Waals surface area contributed by atoms with Gasteiger partial charge in [0.15, 0.2) is 0 Å². The minimum Gasteiger partial charge on any atom is -0.507 e. The number of para-hydroxylation sites is 1. The van der Waals surface area contributed by atoms with Crippen LogP contribution in [0.25, 0.3) is 0 Å². The number of aliphatic hydroxyl groups excluding tert-OH is 1. The summed E-state index contributed by atoms with van der Waals surface area (Å²) in [6.07, 6.45) is -0.341. The number of aromatic hydroxyl groups is 1. The Labute approximate surface area is 110 Å². The summed E-state index contributed by atoms with van der Waals surface area (Å²) in [6, 6.07) is 16.6. The topological polar surface area (TPSA) is 40.5 Å². The van der Waals surface area contributed by atoms with Crippen LogP contribution < -0.4 is 0 Å². The van der Waals surface area contributed by atoms with E-state index in [0.717, 1.165) is 10.0 Å². The van der Waals surface area contributed by atoms with Crippen molar-refractivity contribution in [3.8, 4) is 5.75 Å². The van der Waals surface area contributed by atoms with E-state index in [9.17, 15) is 0 Å². The third-order valence-corrected chi connectivity index (χ3v) is 2.81. The highest BCUT2D eigenvalue weighted by Crippen LogP contribution is 2.21. The molecule has 0 radical (unpaired) electrons. The van der Waals surface area contributed by atoms with Gasteiger partial charge < -0.3 is 10.2 Å². The summed E-state index contributed by atoms with van der Waals surface area (Å²) >= 11 is 3.15. The highest BCUT2D eigenvalue weighted by atomic mass is 79.9. The van der Waals surface area contributed by atoms with Gasteiger partial charge >= 0.3 is 0 Å². The summed E-state index contributed by atoms with van der Waals surface area (Å²) in [5, 5.41) is 17.9. The zero-order valence-electron chi connectivity index (χ0n) is 9.55. The summed E-state index contributed by atoms with van der Waals surface area (Å²) in [7, 11) is 0. The van der Waals surface area contributed by atoms with E-state index in [1.165, 1.54) is 0 Å². The SMILES string of the molecule is CC(O)c1ccccc1.Oc1ccccc1Br. The molecular formula is C14H15BrO2. The van der Waals surface area contributed by atoms with E-state index in [4.69, 9.17) is 10.2 Å². The predicted molar refractivity (Wildman–Crippen MR) is 72.9 cm³/mol. The molecule has 90 valence electrons. The molecule has 2 aromatic carbocycles. The molecule has 1 unspecified atom stereocenters. The Balaban J connectivity index is 0.000000171. The van der Waals surface area contributed by atoms with Gasteiger partial charge in [-0.15, -0.1) is 0 Å². The first-order valence-electron chi connectivity index (χ1n) is 5.27. The molecule has 0 bridgehead atoms. The largest absolute Gasteiger partial charge is 0.507 e. The highest BCUT2D eigenvalue weighted by Gasteiger charge is 1.95. The zero-order valence-corrected chi connectivity index (χ0v) is 11.1. The zero-order chi connectivity index (χ0) is 12.7. The van der Waals surface area contributed by atoms with Crippen LogP contribution in [0.15, 0.2) is 59.1 Å². The molecule has 2 N–H and O–H groups in total. The van der Waals surface area contributed by atoms with Crippen LogP contribution in [0.5, 0.6) is 5.75 Å². The Hall–Kier alpha value is -1.32. The van der Waals surface area contributed by atoms with Gasteiger partial charge in [0.25, 0.3) is 0 Å². The molecule has 17 heavy (non-hydrogen) atoms. The Morgan fingerprint density at radius 1 is 0.941 bits per heavy atom. The summed E-state index contributed by atoms with van der Waals surface area (Å²) in [5.41, 5.74) is 0.970. The summed E-state index contributed by atoms with van der Waals surface area (Å²) < 4.78 is 0.736. The van der Waals surface area contributed by atoms with Crippen LogP contribution in [0, 0.1) is 0 Å². The maximum absolute atomic E-state index is 9.02. The number of phenolic OH excluding ortho intramolecular Hbond substituents is 1. The third kappa shape index (κ3) is 5.02. The molecule has 0 aromatic heterocycles. The lowest BCUT2D eigenvalue weighted by Gasteiger charge is -2.00. The van der Waals surface area contributed by atoms with Crippen LogP contribution in [0.2, 0.25) is 0 Å². The van der Waals surface area contributed by atoms with Crippen molar-refractivity contribution in [2.75, 3.05) is 0 Å². The fourth-order valence-corrected chi connectivity index (χ4v) is 1.47. The van der Waals surface area contributed by atoms with Crippen LogP contribution in [-0.2, 0) is 0 Å². The van der Waals surface area contributed by atoms with Crippen LogP contribution in [0.1, 0.15) is 18.6 Å². The third-order valence-electron chi connectivity index (χ3n) is 2.13. The second-order valence-corrected chi connectivity index (χ2v) is 4.39. The lowest BCUT2D eigenvalue weighted by molar-refractivity contribution is 0.199. The Morgan fingerprint density at radius 3 is 1.82 bits per heavy atom. The standard InChI is InChI=1S/C8H10O.C6H5BrO/c1-7(9)8-5-3-2-4-6-8;7-5-3-1-2-4-6(5)8/h2-7,9H,1H3;1-4,8H. The van der Waals surface area contributed by atoms with Gasteiger partial charge in [0.05, 0.1) is 10.6 Å². The quantitative estimate of drug-likeness (QED) is 0.837. The second-order valence-electron chi connectivity index (χ2n) is 3.54. The number of hydrogen-bond donors (Lipinski definition) is 2. The van der Waals surface area contributed by atoms with Crippen molar-refractivity contribution in [3.63, 3.8) is 0 Å². The molecule has 0 saturated carbocycles. The first kappa shape index (κ1) is 13.7. The minimum absolute atomic E-state index is 0.285. The van der Waals surface area contributed by atoms with Crippen molar-refractivity contribution >= 4 is 15.9 Å². The Morgan fingerprint density at radius 2 is 1.47 bits per heavy atom. The lowest BCUT2D eigenvalue weighted by atomic mass is 10.1. The minimum atomic E-state index is -0.341. The molecule has 0 saturated heterocycles. The van der Waals surface area contributed by atoms with Gasteiger partial charge in [-0.2, -0.15) is 0 Å². The number of benzene rings is 2. The van der Waals surface area contributed by atoms with Gasteiger partial charge in [0.2, 0.25) is 0 Å². The van der Waals surface area contributed by atoms with Gasteiger partial charge in [0.1, 0.15) is 5.75 Å². The first-order valence-corrected chi connectivity index (χ1v) is 6.07. The number of aliphatic hydroxyl groups is 1. The average Bonchev–Trinajstić information content (AvgIpc) is 2.35. The molecule has 0 amide bonds. The molecule has 1 atom stereocenters. The smallest absolute Gasteiger partial charge is 0.129 e. The van der Waals surface area contributed by atoms with Crippen molar-refractivity contribution < 1.29 is 10.2 Å². The van der Waals surface area contributed by atoms with E-state index in [1.54, 1.807) is 25.1 Å². The maximum Gasteiger partial charge on any atom is 0.129 e. The second kappa shape index (κ2) is 7.09. The normalized spacial score (nSPS) is 11.2. The summed E-state index contributed by atoms with van der Waals surface area (Å²) in [4.78, 5) is 0. The van der Waals surface area contributed by atoms with E-state index >= 15 is 0 Å². The maximum atomic E-state index is 9.02. The molecule has 2 nitrogen and oxygen atoms in total. The molecule has 2 aromatic rings. The highest BCUT2D eigenvalue weighted by molar-refractivity contribution is 9.10. The first-order chi connectivity index (χ1) is 8.11. The number of rotatable bonds is 1. The van der Waals surface area contributed by atoms with Crippen LogP contribution in [0.4, 0.5) is 0 Å². The molecule has 0 fully saturated rings.